The maximum absolute atomic E-state index is 9.53. The first-order valence-corrected chi connectivity index (χ1v) is 7.60. The van der Waals surface area contributed by atoms with Crippen molar-refractivity contribution in [2.24, 2.45) is 0 Å². The highest BCUT2D eigenvalue weighted by molar-refractivity contribution is 5.82. The molecule has 1 aliphatic heterocycles. The van der Waals surface area contributed by atoms with E-state index in [-0.39, 0.29) is 6.61 Å². The van der Waals surface area contributed by atoms with Crippen LogP contribution < -0.4 is 4.74 Å². The van der Waals surface area contributed by atoms with E-state index in [9.17, 15) is 5.11 Å². The van der Waals surface area contributed by atoms with Crippen molar-refractivity contribution in [2.45, 2.75) is 31.9 Å². The number of aliphatic hydroxyl groups excluding tert-OH is 1. The number of hydrogen-bond acceptors (Lipinski definition) is 4. The summed E-state index contributed by atoms with van der Waals surface area (Å²) >= 11 is 0. The fourth-order valence-corrected chi connectivity index (χ4v) is 2.96. The van der Waals surface area contributed by atoms with Gasteiger partial charge in [0.15, 0.2) is 0 Å². The van der Waals surface area contributed by atoms with Gasteiger partial charge in [-0.05, 0) is 38.1 Å². The first-order chi connectivity index (χ1) is 10.3. The van der Waals surface area contributed by atoms with Gasteiger partial charge >= 0.3 is 0 Å². The van der Waals surface area contributed by atoms with Crippen molar-refractivity contribution in [2.75, 3.05) is 20.2 Å². The fraction of sp³-hybridized carbons (Fsp3) is 0.471. The van der Waals surface area contributed by atoms with Gasteiger partial charge in [0.2, 0.25) is 5.88 Å². The largest absolute Gasteiger partial charge is 0.476 e. The number of nitrogens with zero attached hydrogens (tertiary/aromatic N) is 2. The van der Waals surface area contributed by atoms with Crippen molar-refractivity contribution in [3.05, 3.63) is 35.9 Å². The van der Waals surface area contributed by atoms with Crippen LogP contribution in [0.2, 0.25) is 0 Å². The molecule has 1 fully saturated rings. The number of fused-ring (bicyclic) bond motifs is 1. The number of hydrogen-bond donors (Lipinski definition) is 1. The van der Waals surface area contributed by atoms with E-state index in [2.05, 4.69) is 16.9 Å². The van der Waals surface area contributed by atoms with Crippen molar-refractivity contribution in [3.8, 4) is 5.88 Å². The average Bonchev–Trinajstić information content (AvgIpc) is 2.53. The third-order valence-corrected chi connectivity index (χ3v) is 4.29. The predicted molar refractivity (Wildman–Crippen MR) is 83.4 cm³/mol. The van der Waals surface area contributed by atoms with Crippen LogP contribution in [0.3, 0.4) is 0 Å². The molecule has 3 rings (SSSR count). The van der Waals surface area contributed by atoms with Gasteiger partial charge in [0.1, 0.15) is 6.61 Å². The lowest BCUT2D eigenvalue weighted by Crippen LogP contribution is -2.40. The van der Waals surface area contributed by atoms with Crippen LogP contribution in [0.1, 0.15) is 24.8 Å². The summed E-state index contributed by atoms with van der Waals surface area (Å²) in [5.74, 6) is 0.608. The molecule has 2 aromatic rings. The number of rotatable bonds is 4. The quantitative estimate of drug-likeness (QED) is 0.938. The maximum atomic E-state index is 9.53. The van der Waals surface area contributed by atoms with E-state index >= 15 is 0 Å². The highest BCUT2D eigenvalue weighted by Crippen LogP contribution is 2.23. The molecule has 112 valence electrons. The molecule has 2 heterocycles. The van der Waals surface area contributed by atoms with Gasteiger partial charge < -0.3 is 14.7 Å². The lowest BCUT2D eigenvalue weighted by atomic mass is 10.0. The van der Waals surface area contributed by atoms with E-state index < -0.39 is 0 Å². The summed E-state index contributed by atoms with van der Waals surface area (Å²) in [5, 5.41) is 10.5. The normalized spacial score (nSPS) is 19.8. The minimum atomic E-state index is 0.00270. The zero-order chi connectivity index (χ0) is 14.7. The Kier molecular flexibility index (Phi) is 4.36. The van der Waals surface area contributed by atoms with Gasteiger partial charge in [-0.25, -0.2) is 4.98 Å². The number of piperidine rings is 1. The second-order valence-electron chi connectivity index (χ2n) is 5.74. The smallest absolute Gasteiger partial charge is 0.214 e. The number of likely N-dealkylation sites (tertiary alicyclic amines) is 1. The van der Waals surface area contributed by atoms with E-state index in [4.69, 9.17) is 4.74 Å². The van der Waals surface area contributed by atoms with E-state index in [1.807, 2.05) is 30.3 Å². The molecule has 0 spiro atoms. The van der Waals surface area contributed by atoms with E-state index in [0.29, 0.717) is 18.5 Å². The number of pyridine rings is 1. The minimum absolute atomic E-state index is 0.00270. The molecule has 0 amide bonds. The molecule has 21 heavy (non-hydrogen) atoms. The first-order valence-electron chi connectivity index (χ1n) is 7.60. The lowest BCUT2D eigenvalue weighted by molar-refractivity contribution is 0.122. The SMILES string of the molecule is CN1CCCCC1COc1cc(CO)c2ccccc2n1. The Morgan fingerprint density at radius 2 is 2.19 bits per heavy atom. The summed E-state index contributed by atoms with van der Waals surface area (Å²) in [6, 6.07) is 10.2. The third kappa shape index (κ3) is 3.17. The van der Waals surface area contributed by atoms with Crippen molar-refractivity contribution < 1.29 is 9.84 Å². The third-order valence-electron chi connectivity index (χ3n) is 4.29. The molecular formula is C17H22N2O2. The summed E-state index contributed by atoms with van der Waals surface area (Å²) < 4.78 is 5.90. The molecular weight excluding hydrogens is 264 g/mol. The Hall–Kier alpha value is -1.65. The molecule has 1 saturated heterocycles. The second-order valence-corrected chi connectivity index (χ2v) is 5.74. The molecule has 1 aliphatic rings. The number of aliphatic hydroxyl groups is 1. The molecule has 0 bridgehead atoms. The van der Waals surface area contributed by atoms with Gasteiger partial charge in [-0.1, -0.05) is 24.6 Å². The van der Waals surface area contributed by atoms with Crippen LogP contribution in [0.5, 0.6) is 5.88 Å². The molecule has 0 saturated carbocycles. The van der Waals surface area contributed by atoms with Crippen LogP contribution in [0.15, 0.2) is 30.3 Å². The van der Waals surface area contributed by atoms with Crippen LogP contribution in [-0.2, 0) is 6.61 Å². The molecule has 0 aliphatic carbocycles. The van der Waals surface area contributed by atoms with Gasteiger partial charge in [0.25, 0.3) is 0 Å². The van der Waals surface area contributed by atoms with Crippen LogP contribution in [0, 0.1) is 0 Å². The molecule has 0 radical (unpaired) electrons. The summed E-state index contributed by atoms with van der Waals surface area (Å²) in [4.78, 5) is 6.90. The Labute approximate surface area is 125 Å². The Morgan fingerprint density at radius 3 is 3.00 bits per heavy atom. The standard InChI is InChI=1S/C17H22N2O2/c1-19-9-5-4-6-14(19)12-21-17-10-13(11-20)15-7-2-3-8-16(15)18-17/h2-3,7-8,10,14,20H,4-6,9,11-12H2,1H3. The second kappa shape index (κ2) is 6.41. The molecule has 1 N–H and O–H groups in total. The number of benzene rings is 1. The number of aromatic nitrogens is 1. The minimum Gasteiger partial charge on any atom is -0.476 e. The van der Waals surface area contributed by atoms with Crippen LogP contribution in [-0.4, -0.2) is 41.2 Å². The monoisotopic (exact) mass is 286 g/mol. The fourth-order valence-electron chi connectivity index (χ4n) is 2.96. The summed E-state index contributed by atoms with van der Waals surface area (Å²) in [5.41, 5.74) is 1.74. The average molecular weight is 286 g/mol. The number of ether oxygens (including phenoxy) is 1. The predicted octanol–water partition coefficient (Wildman–Crippen LogP) is 2.59. The van der Waals surface area contributed by atoms with Gasteiger partial charge in [0, 0.05) is 17.5 Å². The number of para-hydroxylation sites is 1. The topological polar surface area (TPSA) is 45.6 Å². The van der Waals surface area contributed by atoms with Crippen LogP contribution in [0.4, 0.5) is 0 Å². The van der Waals surface area contributed by atoms with Gasteiger partial charge in [-0.3, -0.25) is 0 Å². The Balaban J connectivity index is 1.77. The Morgan fingerprint density at radius 1 is 1.33 bits per heavy atom. The van der Waals surface area contributed by atoms with Crippen molar-refractivity contribution in [3.63, 3.8) is 0 Å². The van der Waals surface area contributed by atoms with Gasteiger partial charge in [-0.15, -0.1) is 0 Å². The van der Waals surface area contributed by atoms with E-state index in [1.165, 1.54) is 19.3 Å². The summed E-state index contributed by atoms with van der Waals surface area (Å²) in [6.45, 7) is 1.80. The van der Waals surface area contributed by atoms with Crippen molar-refractivity contribution >= 4 is 10.9 Å². The van der Waals surface area contributed by atoms with E-state index in [0.717, 1.165) is 23.0 Å². The van der Waals surface area contributed by atoms with Crippen LogP contribution in [0.25, 0.3) is 10.9 Å². The maximum Gasteiger partial charge on any atom is 0.214 e. The number of likely N-dealkylation sites (N-methyl/N-ethyl adjacent to an activating group) is 1. The highest BCUT2D eigenvalue weighted by Gasteiger charge is 2.19. The summed E-state index contributed by atoms with van der Waals surface area (Å²) in [6.07, 6.45) is 3.72. The molecule has 4 nitrogen and oxygen atoms in total. The van der Waals surface area contributed by atoms with Crippen molar-refractivity contribution in [1.82, 2.24) is 9.88 Å². The molecule has 4 heteroatoms. The van der Waals surface area contributed by atoms with Gasteiger partial charge in [-0.2, -0.15) is 0 Å². The Bertz CT molecular complexity index is 615. The highest BCUT2D eigenvalue weighted by atomic mass is 16.5. The van der Waals surface area contributed by atoms with Crippen molar-refractivity contribution in [1.29, 1.82) is 0 Å². The molecule has 1 unspecified atom stereocenters. The van der Waals surface area contributed by atoms with Crippen LogP contribution >= 0.6 is 0 Å². The zero-order valence-corrected chi connectivity index (χ0v) is 12.5. The van der Waals surface area contributed by atoms with Gasteiger partial charge in [0.05, 0.1) is 12.1 Å². The molecule has 1 aromatic heterocycles. The zero-order valence-electron chi connectivity index (χ0n) is 12.5. The lowest BCUT2D eigenvalue weighted by Gasteiger charge is -2.32. The first kappa shape index (κ1) is 14.3. The molecule has 1 aromatic carbocycles. The molecule has 1 atom stereocenters. The summed E-state index contributed by atoms with van der Waals surface area (Å²) in [7, 11) is 2.15. The van der Waals surface area contributed by atoms with E-state index in [1.54, 1.807) is 0 Å².